The van der Waals surface area contributed by atoms with Crippen LogP contribution in [0, 0.1) is 0 Å². The lowest BCUT2D eigenvalue weighted by Gasteiger charge is -2.24. The summed E-state index contributed by atoms with van der Waals surface area (Å²) in [6, 6.07) is 13.5. The maximum absolute atomic E-state index is 9.16. The smallest absolute Gasteiger partial charge is 0.0696 e. The highest BCUT2D eigenvalue weighted by molar-refractivity contribution is 6.31. The van der Waals surface area contributed by atoms with Crippen molar-refractivity contribution in [1.29, 1.82) is 0 Å². The van der Waals surface area contributed by atoms with Crippen LogP contribution in [0.25, 0.3) is 0 Å². The first-order chi connectivity index (χ1) is 9.65. The van der Waals surface area contributed by atoms with Crippen molar-refractivity contribution in [1.82, 2.24) is 0 Å². The van der Waals surface area contributed by atoms with E-state index in [1.54, 1.807) is 0 Å². The molecule has 2 nitrogen and oxygen atoms in total. The number of anilines is 1. The molecule has 2 rings (SSSR count). The van der Waals surface area contributed by atoms with Gasteiger partial charge in [-0.25, -0.2) is 0 Å². The van der Waals surface area contributed by atoms with Crippen molar-refractivity contribution in [3.05, 3.63) is 63.6 Å². The fourth-order valence-electron chi connectivity index (χ4n) is 2.08. The van der Waals surface area contributed by atoms with Crippen LogP contribution in [0.2, 0.25) is 10.0 Å². The van der Waals surface area contributed by atoms with Crippen molar-refractivity contribution < 1.29 is 5.11 Å². The van der Waals surface area contributed by atoms with Gasteiger partial charge in [-0.15, -0.1) is 0 Å². The molecule has 0 aliphatic heterocycles. The lowest BCUT2D eigenvalue weighted by Crippen LogP contribution is -2.22. The number of aliphatic hydroxyl groups is 1. The Morgan fingerprint density at radius 2 is 1.75 bits per heavy atom. The van der Waals surface area contributed by atoms with Crippen LogP contribution in [-0.4, -0.2) is 11.7 Å². The monoisotopic (exact) mass is 309 g/mol. The average Bonchev–Trinajstić information content (AvgIpc) is 2.46. The van der Waals surface area contributed by atoms with E-state index in [4.69, 9.17) is 28.3 Å². The number of rotatable bonds is 5. The summed E-state index contributed by atoms with van der Waals surface area (Å²) < 4.78 is 0. The highest BCUT2D eigenvalue weighted by Crippen LogP contribution is 2.26. The fraction of sp³-hybridized carbons (Fsp3) is 0.250. The van der Waals surface area contributed by atoms with Crippen molar-refractivity contribution in [2.24, 2.45) is 0 Å². The fourth-order valence-corrected chi connectivity index (χ4v) is 2.51. The Labute approximate surface area is 129 Å². The molecule has 2 aromatic carbocycles. The summed E-state index contributed by atoms with van der Waals surface area (Å²) in [5.74, 6) is 0. The number of nitrogens with zero attached hydrogens (tertiary/aromatic N) is 1. The van der Waals surface area contributed by atoms with Gasteiger partial charge < -0.3 is 10.0 Å². The van der Waals surface area contributed by atoms with Crippen LogP contribution in [0.5, 0.6) is 0 Å². The van der Waals surface area contributed by atoms with E-state index >= 15 is 0 Å². The van der Waals surface area contributed by atoms with Crippen LogP contribution in [-0.2, 0) is 13.2 Å². The van der Waals surface area contributed by atoms with Crippen LogP contribution in [0.3, 0.4) is 0 Å². The summed E-state index contributed by atoms with van der Waals surface area (Å²) in [6.07, 6.45) is 0. The van der Waals surface area contributed by atoms with E-state index in [0.29, 0.717) is 5.02 Å². The van der Waals surface area contributed by atoms with Crippen molar-refractivity contribution >= 4 is 28.9 Å². The molecule has 0 unspecified atom stereocenters. The Morgan fingerprint density at radius 3 is 2.35 bits per heavy atom. The summed E-state index contributed by atoms with van der Waals surface area (Å²) in [5, 5.41) is 10.5. The SMILES string of the molecule is CCN(Cc1ccccc1Cl)c1ccc(CO)c(Cl)c1. The van der Waals surface area contributed by atoms with Crippen molar-refractivity contribution in [2.75, 3.05) is 11.4 Å². The van der Waals surface area contributed by atoms with Gasteiger partial charge in [-0.3, -0.25) is 0 Å². The highest BCUT2D eigenvalue weighted by Gasteiger charge is 2.09. The maximum Gasteiger partial charge on any atom is 0.0696 e. The van der Waals surface area contributed by atoms with Crippen molar-refractivity contribution in [3.63, 3.8) is 0 Å². The normalized spacial score (nSPS) is 10.6. The van der Waals surface area contributed by atoms with Crippen LogP contribution in [0.15, 0.2) is 42.5 Å². The molecule has 0 aromatic heterocycles. The molecule has 0 spiro atoms. The zero-order chi connectivity index (χ0) is 14.5. The molecule has 1 N–H and O–H groups in total. The molecule has 0 bridgehead atoms. The largest absolute Gasteiger partial charge is 0.392 e. The van der Waals surface area contributed by atoms with E-state index in [0.717, 1.165) is 34.9 Å². The van der Waals surface area contributed by atoms with Crippen LogP contribution < -0.4 is 4.90 Å². The Hall–Kier alpha value is -1.22. The molecule has 0 radical (unpaired) electrons. The molecule has 0 amide bonds. The van der Waals surface area contributed by atoms with E-state index in [-0.39, 0.29) is 6.61 Å². The minimum absolute atomic E-state index is 0.0459. The van der Waals surface area contributed by atoms with Crippen molar-refractivity contribution in [2.45, 2.75) is 20.1 Å². The second-order valence-corrected chi connectivity index (χ2v) is 5.35. The molecule has 4 heteroatoms. The van der Waals surface area contributed by atoms with Crippen LogP contribution in [0.1, 0.15) is 18.1 Å². The molecule has 0 aliphatic rings. The Morgan fingerprint density at radius 1 is 1.00 bits per heavy atom. The number of aliphatic hydroxyl groups excluding tert-OH is 1. The molecule has 0 heterocycles. The second-order valence-electron chi connectivity index (χ2n) is 4.54. The highest BCUT2D eigenvalue weighted by atomic mass is 35.5. The van der Waals surface area contributed by atoms with E-state index in [1.807, 2.05) is 42.5 Å². The van der Waals surface area contributed by atoms with Crippen molar-refractivity contribution in [3.8, 4) is 0 Å². The molecule has 2 aromatic rings. The summed E-state index contributed by atoms with van der Waals surface area (Å²) in [7, 11) is 0. The third-order valence-electron chi connectivity index (χ3n) is 3.27. The molecule has 0 atom stereocenters. The minimum atomic E-state index is -0.0459. The third kappa shape index (κ3) is 3.45. The van der Waals surface area contributed by atoms with Gasteiger partial charge in [0.05, 0.1) is 6.61 Å². The molecule has 0 aliphatic carbocycles. The molecule has 0 fully saturated rings. The summed E-state index contributed by atoms with van der Waals surface area (Å²) in [4.78, 5) is 2.19. The molecule has 0 saturated heterocycles. The molecule has 106 valence electrons. The molecule has 20 heavy (non-hydrogen) atoms. The van der Waals surface area contributed by atoms with Gasteiger partial charge in [-0.05, 0) is 36.2 Å². The Kier molecular flexibility index (Phi) is 5.30. The lowest BCUT2D eigenvalue weighted by molar-refractivity contribution is 0.282. The third-order valence-corrected chi connectivity index (χ3v) is 3.99. The average molecular weight is 310 g/mol. The van der Waals surface area contributed by atoms with Crippen LogP contribution in [0.4, 0.5) is 5.69 Å². The first-order valence-electron chi connectivity index (χ1n) is 6.53. The van der Waals surface area contributed by atoms with E-state index in [9.17, 15) is 0 Å². The summed E-state index contributed by atoms with van der Waals surface area (Å²) >= 11 is 12.4. The Balaban J connectivity index is 2.24. The van der Waals surface area contributed by atoms with Gasteiger partial charge in [-0.2, -0.15) is 0 Å². The van der Waals surface area contributed by atoms with Gasteiger partial charge in [0.25, 0.3) is 0 Å². The molecular weight excluding hydrogens is 293 g/mol. The van der Waals surface area contributed by atoms with Gasteiger partial charge in [-0.1, -0.05) is 47.5 Å². The quantitative estimate of drug-likeness (QED) is 0.878. The first kappa shape index (κ1) is 15.2. The van der Waals surface area contributed by atoms with E-state index < -0.39 is 0 Å². The summed E-state index contributed by atoms with van der Waals surface area (Å²) in [6.45, 7) is 3.62. The van der Waals surface area contributed by atoms with Gasteiger partial charge in [0, 0.05) is 28.8 Å². The van der Waals surface area contributed by atoms with Gasteiger partial charge in [0.15, 0.2) is 0 Å². The molecule has 0 saturated carbocycles. The first-order valence-corrected chi connectivity index (χ1v) is 7.29. The predicted molar refractivity (Wildman–Crippen MR) is 85.6 cm³/mol. The van der Waals surface area contributed by atoms with Gasteiger partial charge in [0.2, 0.25) is 0 Å². The zero-order valence-corrected chi connectivity index (χ0v) is 12.8. The number of hydrogen-bond acceptors (Lipinski definition) is 2. The molecular formula is C16H17Cl2NO. The standard InChI is InChI=1S/C16H17Cl2NO/c1-2-19(10-12-5-3-4-6-15(12)17)14-8-7-13(11-20)16(18)9-14/h3-9,20H,2,10-11H2,1H3. The number of hydrogen-bond donors (Lipinski definition) is 1. The number of benzene rings is 2. The van der Waals surface area contributed by atoms with E-state index in [2.05, 4.69) is 11.8 Å². The second kappa shape index (κ2) is 6.98. The zero-order valence-electron chi connectivity index (χ0n) is 11.3. The summed E-state index contributed by atoms with van der Waals surface area (Å²) in [5.41, 5.74) is 2.84. The van der Waals surface area contributed by atoms with Crippen LogP contribution >= 0.6 is 23.2 Å². The lowest BCUT2D eigenvalue weighted by atomic mass is 10.1. The van der Waals surface area contributed by atoms with E-state index in [1.165, 1.54) is 0 Å². The predicted octanol–water partition coefficient (Wildman–Crippen LogP) is 4.51. The maximum atomic E-state index is 9.16. The van der Waals surface area contributed by atoms with Gasteiger partial charge in [0.1, 0.15) is 0 Å². The Bertz CT molecular complexity index is 586. The minimum Gasteiger partial charge on any atom is -0.392 e. The topological polar surface area (TPSA) is 23.5 Å². The van der Waals surface area contributed by atoms with Gasteiger partial charge >= 0.3 is 0 Å². The number of halogens is 2.